The fraction of sp³-hybridized carbons (Fsp3) is 0.667. The maximum Gasteiger partial charge on any atom is 0.189 e. The van der Waals surface area contributed by atoms with Crippen molar-refractivity contribution in [3.63, 3.8) is 0 Å². The number of aryl methyl sites for hydroxylation is 1. The van der Waals surface area contributed by atoms with Gasteiger partial charge in [0.25, 0.3) is 0 Å². The average Bonchev–Trinajstić information content (AvgIpc) is 2.75. The van der Waals surface area contributed by atoms with Crippen LogP contribution >= 0.6 is 0 Å². The third-order valence-electron chi connectivity index (χ3n) is 3.30. The van der Waals surface area contributed by atoms with Crippen molar-refractivity contribution in [2.45, 2.75) is 12.5 Å². The fourth-order valence-corrected chi connectivity index (χ4v) is 2.50. The van der Waals surface area contributed by atoms with E-state index in [0.717, 1.165) is 13.0 Å². The summed E-state index contributed by atoms with van der Waals surface area (Å²) in [5.41, 5.74) is 0.510. The van der Waals surface area contributed by atoms with Gasteiger partial charge in [0.1, 0.15) is 5.69 Å². The van der Waals surface area contributed by atoms with Gasteiger partial charge in [-0.2, -0.15) is 15.0 Å². The van der Waals surface area contributed by atoms with Gasteiger partial charge >= 0.3 is 0 Å². The smallest absolute Gasteiger partial charge is 0.189 e. The number of aromatic nitrogens is 3. The van der Waals surface area contributed by atoms with Crippen LogP contribution in [0, 0.1) is 11.8 Å². The van der Waals surface area contributed by atoms with Crippen molar-refractivity contribution in [1.82, 2.24) is 20.3 Å². The molecule has 0 radical (unpaired) electrons. The Hall–Kier alpha value is -1.23. The lowest BCUT2D eigenvalue weighted by atomic mass is 9.71. The van der Waals surface area contributed by atoms with Crippen molar-refractivity contribution >= 4 is 5.78 Å². The highest BCUT2D eigenvalue weighted by atomic mass is 16.1. The van der Waals surface area contributed by atoms with E-state index in [1.807, 2.05) is 0 Å². The highest BCUT2D eigenvalue weighted by Crippen LogP contribution is 2.41. The van der Waals surface area contributed by atoms with Gasteiger partial charge in [-0.25, -0.2) is 0 Å². The Morgan fingerprint density at radius 2 is 2.57 bits per heavy atom. The lowest BCUT2D eigenvalue weighted by Crippen LogP contribution is -2.42. The molecule has 0 aromatic carbocycles. The second-order valence-electron chi connectivity index (χ2n) is 4.12. The zero-order chi connectivity index (χ0) is 9.71. The van der Waals surface area contributed by atoms with E-state index in [4.69, 9.17) is 0 Å². The molecule has 1 aromatic rings. The predicted octanol–water partition coefficient (Wildman–Crippen LogP) is -0.394. The minimum atomic E-state index is 0.157. The van der Waals surface area contributed by atoms with Crippen LogP contribution in [0.1, 0.15) is 16.9 Å². The van der Waals surface area contributed by atoms with Gasteiger partial charge in [0.05, 0.1) is 6.20 Å². The summed E-state index contributed by atoms with van der Waals surface area (Å²) in [6.45, 7) is 0.987. The number of ketones is 1. The Bertz CT molecular complexity index is 372. The lowest BCUT2D eigenvalue weighted by molar-refractivity contribution is 0.0778. The third kappa shape index (κ3) is 0.957. The van der Waals surface area contributed by atoms with E-state index in [9.17, 15) is 4.79 Å². The van der Waals surface area contributed by atoms with Crippen LogP contribution in [0.25, 0.3) is 0 Å². The molecular weight excluding hydrogens is 180 g/mol. The molecule has 2 saturated heterocycles. The SMILES string of the molecule is Cn1ncc(C(=O)C2C3CNC2C3)n1. The largest absolute Gasteiger partial charge is 0.313 e. The first-order valence-electron chi connectivity index (χ1n) is 4.89. The molecule has 0 amide bonds. The van der Waals surface area contributed by atoms with E-state index in [1.165, 1.54) is 4.80 Å². The molecule has 5 heteroatoms. The molecule has 3 unspecified atom stereocenters. The van der Waals surface area contributed by atoms with Gasteiger partial charge in [0.15, 0.2) is 5.78 Å². The summed E-state index contributed by atoms with van der Waals surface area (Å²) < 4.78 is 0. The summed E-state index contributed by atoms with van der Waals surface area (Å²) in [5.74, 6) is 0.852. The zero-order valence-electron chi connectivity index (χ0n) is 7.97. The first kappa shape index (κ1) is 8.11. The van der Waals surface area contributed by atoms with Crippen molar-refractivity contribution in [1.29, 1.82) is 0 Å². The number of hydrogen-bond acceptors (Lipinski definition) is 4. The first-order valence-corrected chi connectivity index (χ1v) is 4.89. The molecule has 1 aromatic heterocycles. The molecule has 0 spiro atoms. The van der Waals surface area contributed by atoms with E-state index in [-0.39, 0.29) is 11.7 Å². The number of Topliss-reactive ketones (excluding diaryl/α,β-unsaturated/α-hetero) is 1. The molecule has 14 heavy (non-hydrogen) atoms. The molecule has 1 N–H and O–H groups in total. The van der Waals surface area contributed by atoms with Crippen LogP contribution in [0.2, 0.25) is 0 Å². The summed E-state index contributed by atoms with van der Waals surface area (Å²) in [6.07, 6.45) is 2.71. The molecule has 5 nitrogen and oxygen atoms in total. The summed E-state index contributed by atoms with van der Waals surface area (Å²) in [6, 6.07) is 0.398. The molecule has 4 rings (SSSR count). The Balaban J connectivity index is 1.83. The predicted molar refractivity (Wildman–Crippen MR) is 48.7 cm³/mol. The Morgan fingerprint density at radius 1 is 1.71 bits per heavy atom. The summed E-state index contributed by atoms with van der Waals surface area (Å²) in [4.78, 5) is 13.4. The number of fused-ring (bicyclic) bond motifs is 1. The van der Waals surface area contributed by atoms with Gasteiger partial charge < -0.3 is 5.32 Å². The topological polar surface area (TPSA) is 59.8 Å². The monoisotopic (exact) mass is 192 g/mol. The molecule has 1 aliphatic carbocycles. The highest BCUT2D eigenvalue weighted by Gasteiger charge is 2.51. The lowest BCUT2D eigenvalue weighted by Gasteiger charge is -2.32. The maximum absolute atomic E-state index is 11.9. The van der Waals surface area contributed by atoms with Crippen LogP contribution in [0.3, 0.4) is 0 Å². The minimum Gasteiger partial charge on any atom is -0.313 e. The van der Waals surface area contributed by atoms with Crippen molar-refractivity contribution < 1.29 is 4.79 Å². The van der Waals surface area contributed by atoms with Crippen molar-refractivity contribution in [2.24, 2.45) is 18.9 Å². The molecule has 3 atom stereocenters. The van der Waals surface area contributed by atoms with Gasteiger partial charge in [-0.1, -0.05) is 0 Å². The summed E-state index contributed by atoms with van der Waals surface area (Å²) in [7, 11) is 1.73. The highest BCUT2D eigenvalue weighted by molar-refractivity contribution is 5.97. The number of rotatable bonds is 2. The number of carbonyl (C=O) groups excluding carboxylic acids is 1. The van der Waals surface area contributed by atoms with Crippen LogP contribution in [0.4, 0.5) is 0 Å². The molecule has 3 aliphatic rings. The van der Waals surface area contributed by atoms with Gasteiger partial charge in [-0.15, -0.1) is 0 Å². The van der Waals surface area contributed by atoms with Crippen molar-refractivity contribution in [2.75, 3.05) is 6.54 Å². The molecule has 2 bridgehead atoms. The van der Waals surface area contributed by atoms with Gasteiger partial charge in [-0.05, 0) is 18.9 Å². The quantitative estimate of drug-likeness (QED) is 0.648. The van der Waals surface area contributed by atoms with Crippen LogP contribution in [0.5, 0.6) is 0 Å². The standard InChI is InChI=1S/C9H12N4O/c1-13-11-4-7(12-13)9(14)8-5-2-6(8)10-3-5/h4-6,8,10H,2-3H2,1H3. The number of hydrogen-bond donors (Lipinski definition) is 1. The van der Waals surface area contributed by atoms with Crippen LogP contribution in [0.15, 0.2) is 6.20 Å². The number of nitrogens with one attached hydrogen (secondary N) is 1. The molecule has 1 saturated carbocycles. The van der Waals surface area contributed by atoms with Crippen molar-refractivity contribution in [3.05, 3.63) is 11.9 Å². The molecule has 74 valence electrons. The second kappa shape index (κ2) is 2.63. The maximum atomic E-state index is 11.9. The first-order chi connectivity index (χ1) is 6.75. The van der Waals surface area contributed by atoms with Crippen LogP contribution in [-0.2, 0) is 7.05 Å². The average molecular weight is 192 g/mol. The number of nitrogens with zero attached hydrogens (tertiary/aromatic N) is 3. The third-order valence-corrected chi connectivity index (χ3v) is 3.30. The fourth-order valence-electron chi connectivity index (χ4n) is 2.50. The Morgan fingerprint density at radius 3 is 3.07 bits per heavy atom. The van der Waals surface area contributed by atoms with Gasteiger partial charge in [-0.3, -0.25) is 4.79 Å². The van der Waals surface area contributed by atoms with Gasteiger partial charge in [0, 0.05) is 19.0 Å². The molecular formula is C9H12N4O. The normalized spacial score (nSPS) is 34.2. The Kier molecular flexibility index (Phi) is 1.53. The van der Waals surface area contributed by atoms with Crippen LogP contribution in [-0.4, -0.2) is 33.4 Å². The minimum absolute atomic E-state index is 0.157. The van der Waals surface area contributed by atoms with Crippen molar-refractivity contribution in [3.8, 4) is 0 Å². The van der Waals surface area contributed by atoms with Gasteiger partial charge in [0.2, 0.25) is 0 Å². The summed E-state index contributed by atoms with van der Waals surface area (Å²) in [5, 5.41) is 11.3. The molecule has 2 aliphatic heterocycles. The van der Waals surface area contributed by atoms with E-state index in [1.54, 1.807) is 13.2 Å². The Labute approximate surface area is 81.5 Å². The molecule has 3 fully saturated rings. The summed E-state index contributed by atoms with van der Waals surface area (Å²) >= 11 is 0. The molecule has 3 heterocycles. The van der Waals surface area contributed by atoms with E-state index < -0.39 is 0 Å². The van der Waals surface area contributed by atoms with Crippen LogP contribution < -0.4 is 5.32 Å². The second-order valence-corrected chi connectivity index (χ2v) is 4.12. The van der Waals surface area contributed by atoms with E-state index in [0.29, 0.717) is 17.7 Å². The van der Waals surface area contributed by atoms with E-state index >= 15 is 0 Å². The zero-order valence-corrected chi connectivity index (χ0v) is 7.97. The van der Waals surface area contributed by atoms with E-state index in [2.05, 4.69) is 15.5 Å². The number of carbonyl (C=O) groups is 1.